The van der Waals surface area contributed by atoms with Crippen LogP contribution in [0.5, 0.6) is 0 Å². The Bertz CT molecular complexity index is 554. The molecule has 100 valence electrons. The number of anilines is 1. The summed E-state index contributed by atoms with van der Waals surface area (Å²) in [5.74, 6) is 0. The van der Waals surface area contributed by atoms with Gasteiger partial charge in [0.2, 0.25) is 0 Å². The average Bonchev–Trinajstić information content (AvgIpc) is 2.41. The first-order valence-corrected chi connectivity index (χ1v) is 7.10. The second-order valence-electron chi connectivity index (χ2n) is 4.68. The lowest BCUT2D eigenvalue weighted by atomic mass is 10.1. The maximum atomic E-state index is 9.84. The molecule has 0 fully saturated rings. The standard InChI is InChI=1S/C16H18BrNO/c1-12(19)14-8-4-6-10-16(14)18(2)11-13-7-3-5-9-15(13)17/h3-10,12,19H,11H2,1-2H3/t12-/m0/s1. The molecule has 2 aromatic carbocycles. The second kappa shape index (κ2) is 6.22. The van der Waals surface area contributed by atoms with Crippen LogP contribution in [0.25, 0.3) is 0 Å². The summed E-state index contributed by atoms with van der Waals surface area (Å²) in [4.78, 5) is 2.15. The van der Waals surface area contributed by atoms with Crippen LogP contribution in [0, 0.1) is 0 Å². The number of hydrogen-bond acceptors (Lipinski definition) is 2. The summed E-state index contributed by atoms with van der Waals surface area (Å²) in [7, 11) is 2.04. The predicted molar refractivity (Wildman–Crippen MR) is 83.3 cm³/mol. The zero-order valence-corrected chi connectivity index (χ0v) is 12.8. The van der Waals surface area contributed by atoms with E-state index in [1.165, 1.54) is 5.56 Å². The van der Waals surface area contributed by atoms with Crippen LogP contribution in [-0.2, 0) is 6.54 Å². The summed E-state index contributed by atoms with van der Waals surface area (Å²) < 4.78 is 1.11. The van der Waals surface area contributed by atoms with Gasteiger partial charge in [0.25, 0.3) is 0 Å². The lowest BCUT2D eigenvalue weighted by Crippen LogP contribution is -2.18. The van der Waals surface area contributed by atoms with Crippen LogP contribution in [0.1, 0.15) is 24.2 Å². The molecule has 0 amide bonds. The molecule has 2 rings (SSSR count). The van der Waals surface area contributed by atoms with Crippen molar-refractivity contribution in [2.24, 2.45) is 0 Å². The lowest BCUT2D eigenvalue weighted by molar-refractivity contribution is 0.199. The average molecular weight is 320 g/mol. The molecule has 0 aliphatic rings. The molecule has 0 unspecified atom stereocenters. The van der Waals surface area contributed by atoms with Crippen molar-refractivity contribution < 1.29 is 5.11 Å². The minimum Gasteiger partial charge on any atom is -0.389 e. The van der Waals surface area contributed by atoms with Crippen molar-refractivity contribution >= 4 is 21.6 Å². The Morgan fingerprint density at radius 1 is 1.11 bits per heavy atom. The van der Waals surface area contributed by atoms with Gasteiger partial charge in [-0.15, -0.1) is 0 Å². The summed E-state index contributed by atoms with van der Waals surface area (Å²) in [5, 5.41) is 9.84. The third-order valence-electron chi connectivity index (χ3n) is 3.16. The van der Waals surface area contributed by atoms with Gasteiger partial charge in [0.05, 0.1) is 6.10 Å². The zero-order chi connectivity index (χ0) is 13.8. The molecule has 0 aliphatic heterocycles. The van der Waals surface area contributed by atoms with E-state index >= 15 is 0 Å². The van der Waals surface area contributed by atoms with E-state index in [0.29, 0.717) is 0 Å². The smallest absolute Gasteiger partial charge is 0.0781 e. The lowest BCUT2D eigenvalue weighted by Gasteiger charge is -2.24. The van der Waals surface area contributed by atoms with Crippen LogP contribution >= 0.6 is 15.9 Å². The Morgan fingerprint density at radius 3 is 2.42 bits per heavy atom. The molecule has 0 saturated heterocycles. The van der Waals surface area contributed by atoms with Gasteiger partial charge in [-0.3, -0.25) is 0 Å². The normalized spacial score (nSPS) is 12.2. The fraction of sp³-hybridized carbons (Fsp3) is 0.250. The van der Waals surface area contributed by atoms with Crippen LogP contribution in [0.2, 0.25) is 0 Å². The van der Waals surface area contributed by atoms with Gasteiger partial charge in [-0.1, -0.05) is 52.3 Å². The van der Waals surface area contributed by atoms with Gasteiger partial charge in [0, 0.05) is 29.3 Å². The van der Waals surface area contributed by atoms with Crippen LogP contribution in [0.3, 0.4) is 0 Å². The summed E-state index contributed by atoms with van der Waals surface area (Å²) >= 11 is 3.57. The van der Waals surface area contributed by atoms with Crippen molar-refractivity contribution in [2.75, 3.05) is 11.9 Å². The number of nitrogens with zero attached hydrogens (tertiary/aromatic N) is 1. The van der Waals surface area contributed by atoms with Gasteiger partial charge in [-0.2, -0.15) is 0 Å². The molecule has 2 nitrogen and oxygen atoms in total. The molecule has 1 atom stereocenters. The Balaban J connectivity index is 2.26. The Morgan fingerprint density at radius 2 is 1.74 bits per heavy atom. The number of rotatable bonds is 4. The first-order chi connectivity index (χ1) is 9.09. The van der Waals surface area contributed by atoms with Gasteiger partial charge in [0.15, 0.2) is 0 Å². The minimum absolute atomic E-state index is 0.460. The molecular weight excluding hydrogens is 302 g/mol. The second-order valence-corrected chi connectivity index (χ2v) is 5.54. The minimum atomic E-state index is -0.460. The van der Waals surface area contributed by atoms with Gasteiger partial charge in [-0.05, 0) is 24.6 Å². The fourth-order valence-electron chi connectivity index (χ4n) is 2.16. The summed E-state index contributed by atoms with van der Waals surface area (Å²) in [5.41, 5.74) is 3.25. The third kappa shape index (κ3) is 3.37. The third-order valence-corrected chi connectivity index (χ3v) is 3.94. The van der Waals surface area contributed by atoms with E-state index in [2.05, 4.69) is 26.9 Å². The molecule has 3 heteroatoms. The molecule has 0 heterocycles. The van der Waals surface area contributed by atoms with Crippen LogP contribution in [-0.4, -0.2) is 12.2 Å². The molecule has 0 aliphatic carbocycles. The van der Waals surface area contributed by atoms with Gasteiger partial charge >= 0.3 is 0 Å². The molecular formula is C16H18BrNO. The SMILES string of the molecule is C[C@H](O)c1ccccc1N(C)Cc1ccccc1Br. The van der Waals surface area contributed by atoms with Gasteiger partial charge < -0.3 is 10.0 Å². The van der Waals surface area contributed by atoms with E-state index in [-0.39, 0.29) is 0 Å². The van der Waals surface area contributed by atoms with E-state index in [1.54, 1.807) is 6.92 Å². The van der Waals surface area contributed by atoms with Crippen molar-refractivity contribution in [3.05, 3.63) is 64.1 Å². The highest BCUT2D eigenvalue weighted by Gasteiger charge is 2.11. The fourth-order valence-corrected chi connectivity index (χ4v) is 2.57. The first kappa shape index (κ1) is 14.1. The molecule has 2 aromatic rings. The number of benzene rings is 2. The van der Waals surface area contributed by atoms with Gasteiger partial charge in [0.1, 0.15) is 0 Å². The summed E-state index contributed by atoms with van der Waals surface area (Å²) in [6, 6.07) is 16.2. The van der Waals surface area contributed by atoms with Gasteiger partial charge in [-0.25, -0.2) is 0 Å². The predicted octanol–water partition coefficient (Wildman–Crippen LogP) is 4.14. The van der Waals surface area contributed by atoms with Crippen molar-refractivity contribution in [1.82, 2.24) is 0 Å². The van der Waals surface area contributed by atoms with Crippen LogP contribution in [0.15, 0.2) is 53.0 Å². The van der Waals surface area contributed by atoms with E-state index in [0.717, 1.165) is 22.3 Å². The Labute approximate surface area is 122 Å². The number of halogens is 1. The highest BCUT2D eigenvalue weighted by atomic mass is 79.9. The molecule has 19 heavy (non-hydrogen) atoms. The monoisotopic (exact) mass is 319 g/mol. The van der Waals surface area contributed by atoms with Crippen molar-refractivity contribution in [3.63, 3.8) is 0 Å². The Hall–Kier alpha value is -1.32. The molecule has 0 bridgehead atoms. The van der Waals surface area contributed by atoms with E-state index in [1.807, 2.05) is 49.5 Å². The number of aliphatic hydroxyl groups is 1. The highest BCUT2D eigenvalue weighted by molar-refractivity contribution is 9.10. The topological polar surface area (TPSA) is 23.5 Å². The van der Waals surface area contributed by atoms with Crippen LogP contribution < -0.4 is 4.90 Å². The van der Waals surface area contributed by atoms with Crippen molar-refractivity contribution in [1.29, 1.82) is 0 Å². The molecule has 0 aromatic heterocycles. The molecule has 0 radical (unpaired) electrons. The first-order valence-electron chi connectivity index (χ1n) is 6.31. The van der Waals surface area contributed by atoms with Crippen molar-refractivity contribution in [3.8, 4) is 0 Å². The van der Waals surface area contributed by atoms with E-state index in [9.17, 15) is 5.11 Å². The maximum Gasteiger partial charge on any atom is 0.0781 e. The zero-order valence-electron chi connectivity index (χ0n) is 11.2. The quantitative estimate of drug-likeness (QED) is 0.915. The van der Waals surface area contributed by atoms with E-state index < -0.39 is 6.10 Å². The van der Waals surface area contributed by atoms with Crippen LogP contribution in [0.4, 0.5) is 5.69 Å². The molecule has 1 N–H and O–H groups in total. The number of hydrogen-bond donors (Lipinski definition) is 1. The maximum absolute atomic E-state index is 9.84. The van der Waals surface area contributed by atoms with Crippen molar-refractivity contribution in [2.45, 2.75) is 19.6 Å². The van der Waals surface area contributed by atoms with E-state index in [4.69, 9.17) is 0 Å². The number of para-hydroxylation sites is 1. The molecule has 0 spiro atoms. The number of aliphatic hydroxyl groups excluding tert-OH is 1. The largest absolute Gasteiger partial charge is 0.389 e. The summed E-state index contributed by atoms with van der Waals surface area (Å²) in [6.45, 7) is 2.59. The molecule has 0 saturated carbocycles. The summed E-state index contributed by atoms with van der Waals surface area (Å²) in [6.07, 6.45) is -0.460. The Kier molecular flexibility index (Phi) is 4.61. The highest BCUT2D eigenvalue weighted by Crippen LogP contribution is 2.27.